The molecule has 1 aromatic rings. The smallest absolute Gasteiger partial charge is 0.217 e. The number of hydrogen-bond acceptors (Lipinski definition) is 3. The minimum Gasteiger partial charge on any atom is -0.329 e. The molecule has 0 aliphatic carbocycles. The van der Waals surface area contributed by atoms with Crippen LogP contribution in [0, 0.1) is 0 Å². The molecule has 1 rings (SSSR count). The first kappa shape index (κ1) is 6.70. The molecule has 0 aliphatic rings. The third-order valence-electron chi connectivity index (χ3n) is 0.867. The molecule has 0 fully saturated rings. The van der Waals surface area contributed by atoms with Crippen LogP contribution < -0.4 is 5.73 Å². The van der Waals surface area contributed by atoms with Crippen molar-refractivity contribution < 1.29 is 0 Å². The van der Waals surface area contributed by atoms with E-state index < -0.39 is 0 Å². The van der Waals surface area contributed by atoms with Gasteiger partial charge in [0.1, 0.15) is 6.33 Å². The Morgan fingerprint density at radius 2 is 2.56 bits per heavy atom. The third kappa shape index (κ3) is 1.76. The summed E-state index contributed by atoms with van der Waals surface area (Å²) in [6.45, 7) is 1.31. The average Bonchev–Trinajstić information content (AvgIpc) is 2.17. The van der Waals surface area contributed by atoms with Gasteiger partial charge in [-0.15, -0.1) is 5.10 Å². The fraction of sp³-hybridized carbons (Fsp3) is 0.500. The first-order chi connectivity index (χ1) is 4.33. The molecule has 0 saturated carbocycles. The van der Waals surface area contributed by atoms with Gasteiger partial charge in [0.2, 0.25) is 4.73 Å². The van der Waals surface area contributed by atoms with Crippen LogP contribution in [0.3, 0.4) is 0 Å². The topological polar surface area (TPSA) is 56.7 Å². The molecule has 0 amide bonds. The predicted molar refractivity (Wildman–Crippen MR) is 36.8 cm³/mol. The molecule has 1 aromatic heterocycles. The lowest BCUT2D eigenvalue weighted by Crippen LogP contribution is -2.09. The second-order valence-electron chi connectivity index (χ2n) is 1.57. The molecular formula is C4H7BrN4. The van der Waals surface area contributed by atoms with E-state index in [2.05, 4.69) is 26.0 Å². The molecule has 4 nitrogen and oxygen atoms in total. The SMILES string of the molecule is NCCn1cnc(Br)n1. The maximum absolute atomic E-state index is 5.27. The number of hydrogen-bond donors (Lipinski definition) is 1. The molecule has 0 spiro atoms. The highest BCUT2D eigenvalue weighted by atomic mass is 79.9. The summed E-state index contributed by atoms with van der Waals surface area (Å²) in [5, 5.41) is 3.94. The summed E-state index contributed by atoms with van der Waals surface area (Å²) >= 11 is 3.12. The maximum atomic E-state index is 5.27. The van der Waals surface area contributed by atoms with E-state index in [0.717, 1.165) is 6.54 Å². The van der Waals surface area contributed by atoms with E-state index >= 15 is 0 Å². The molecule has 0 aromatic carbocycles. The molecular weight excluding hydrogens is 184 g/mol. The molecule has 50 valence electrons. The van der Waals surface area contributed by atoms with Crippen LogP contribution in [-0.2, 0) is 6.54 Å². The van der Waals surface area contributed by atoms with Gasteiger partial charge in [-0.2, -0.15) is 0 Å². The zero-order valence-corrected chi connectivity index (χ0v) is 6.37. The van der Waals surface area contributed by atoms with Crippen molar-refractivity contribution in [3.63, 3.8) is 0 Å². The normalized spacial score (nSPS) is 10.0. The van der Waals surface area contributed by atoms with Crippen LogP contribution in [-0.4, -0.2) is 21.3 Å². The third-order valence-corrected chi connectivity index (χ3v) is 1.23. The summed E-state index contributed by atoms with van der Waals surface area (Å²) in [5.41, 5.74) is 5.27. The van der Waals surface area contributed by atoms with Gasteiger partial charge in [0, 0.05) is 6.54 Å². The predicted octanol–water partition coefficient (Wildman–Crippen LogP) is -0.000700. The Labute approximate surface area is 61.2 Å². The zero-order chi connectivity index (χ0) is 6.69. The Bertz CT molecular complexity index is 184. The van der Waals surface area contributed by atoms with E-state index in [4.69, 9.17) is 5.73 Å². The first-order valence-corrected chi connectivity index (χ1v) is 3.37. The number of rotatable bonds is 2. The van der Waals surface area contributed by atoms with Crippen molar-refractivity contribution in [1.82, 2.24) is 14.8 Å². The number of halogens is 1. The molecule has 0 aliphatic heterocycles. The number of aromatic nitrogens is 3. The molecule has 9 heavy (non-hydrogen) atoms. The summed E-state index contributed by atoms with van der Waals surface area (Å²) in [4.78, 5) is 3.85. The van der Waals surface area contributed by atoms with Gasteiger partial charge in [-0.3, -0.25) is 4.68 Å². The highest BCUT2D eigenvalue weighted by Crippen LogP contribution is 1.97. The van der Waals surface area contributed by atoms with Crippen molar-refractivity contribution in [2.24, 2.45) is 5.73 Å². The summed E-state index contributed by atoms with van der Waals surface area (Å²) in [6.07, 6.45) is 1.64. The van der Waals surface area contributed by atoms with Crippen LogP contribution in [0.25, 0.3) is 0 Å². The van der Waals surface area contributed by atoms with E-state index in [9.17, 15) is 0 Å². The highest BCUT2D eigenvalue weighted by molar-refractivity contribution is 9.10. The molecule has 0 unspecified atom stereocenters. The van der Waals surface area contributed by atoms with Gasteiger partial charge in [-0.25, -0.2) is 4.98 Å². The first-order valence-electron chi connectivity index (χ1n) is 2.58. The second kappa shape index (κ2) is 2.93. The van der Waals surface area contributed by atoms with Gasteiger partial charge in [0.25, 0.3) is 0 Å². The number of nitrogens with zero attached hydrogens (tertiary/aromatic N) is 3. The fourth-order valence-corrected chi connectivity index (χ4v) is 0.807. The Kier molecular flexibility index (Phi) is 2.18. The summed E-state index contributed by atoms with van der Waals surface area (Å²) in [6, 6.07) is 0. The summed E-state index contributed by atoms with van der Waals surface area (Å²) in [5.74, 6) is 0. The monoisotopic (exact) mass is 190 g/mol. The minimum absolute atomic E-state index is 0.593. The van der Waals surface area contributed by atoms with E-state index in [1.165, 1.54) is 0 Å². The van der Waals surface area contributed by atoms with Crippen LogP contribution in [0.2, 0.25) is 0 Å². The molecule has 0 saturated heterocycles. The Morgan fingerprint density at radius 1 is 1.78 bits per heavy atom. The highest BCUT2D eigenvalue weighted by Gasteiger charge is 1.92. The molecule has 0 radical (unpaired) electrons. The maximum Gasteiger partial charge on any atom is 0.217 e. The van der Waals surface area contributed by atoms with E-state index in [1.807, 2.05) is 0 Å². The number of nitrogens with two attached hydrogens (primary N) is 1. The van der Waals surface area contributed by atoms with E-state index in [-0.39, 0.29) is 0 Å². The van der Waals surface area contributed by atoms with E-state index in [0.29, 0.717) is 11.3 Å². The molecule has 0 bridgehead atoms. The van der Waals surface area contributed by atoms with Crippen molar-refractivity contribution in [2.75, 3.05) is 6.54 Å². The Balaban J connectivity index is 2.61. The van der Waals surface area contributed by atoms with E-state index in [1.54, 1.807) is 11.0 Å². The summed E-state index contributed by atoms with van der Waals surface area (Å²) < 4.78 is 2.29. The van der Waals surface area contributed by atoms with Crippen LogP contribution in [0.4, 0.5) is 0 Å². The second-order valence-corrected chi connectivity index (χ2v) is 2.27. The van der Waals surface area contributed by atoms with Gasteiger partial charge in [-0.05, 0) is 15.9 Å². The van der Waals surface area contributed by atoms with Crippen LogP contribution in [0.1, 0.15) is 0 Å². The van der Waals surface area contributed by atoms with Crippen LogP contribution in [0.5, 0.6) is 0 Å². The zero-order valence-electron chi connectivity index (χ0n) is 4.79. The van der Waals surface area contributed by atoms with Gasteiger partial charge in [0.05, 0.1) is 6.54 Å². The average molecular weight is 191 g/mol. The largest absolute Gasteiger partial charge is 0.329 e. The van der Waals surface area contributed by atoms with Crippen molar-refractivity contribution in [2.45, 2.75) is 6.54 Å². The Morgan fingerprint density at radius 3 is 3.00 bits per heavy atom. The van der Waals surface area contributed by atoms with Gasteiger partial charge < -0.3 is 5.73 Å². The van der Waals surface area contributed by atoms with Crippen molar-refractivity contribution in [3.8, 4) is 0 Å². The molecule has 1 heterocycles. The lowest BCUT2D eigenvalue weighted by Gasteiger charge is -1.91. The van der Waals surface area contributed by atoms with Gasteiger partial charge >= 0.3 is 0 Å². The van der Waals surface area contributed by atoms with Gasteiger partial charge in [-0.1, -0.05) is 0 Å². The summed E-state index contributed by atoms with van der Waals surface area (Å²) in [7, 11) is 0. The van der Waals surface area contributed by atoms with Crippen molar-refractivity contribution in [1.29, 1.82) is 0 Å². The fourth-order valence-electron chi connectivity index (χ4n) is 0.512. The van der Waals surface area contributed by atoms with Gasteiger partial charge in [0.15, 0.2) is 0 Å². The molecule has 2 N–H and O–H groups in total. The van der Waals surface area contributed by atoms with Crippen LogP contribution >= 0.6 is 15.9 Å². The standard InChI is InChI=1S/C4H7BrN4/c5-4-7-3-9(8-4)2-1-6/h3H,1-2,6H2. The van der Waals surface area contributed by atoms with Crippen LogP contribution in [0.15, 0.2) is 11.1 Å². The quantitative estimate of drug-likeness (QED) is 0.715. The minimum atomic E-state index is 0.593. The molecule has 5 heteroatoms. The lowest BCUT2D eigenvalue weighted by atomic mass is 10.7. The Hall–Kier alpha value is -0.420. The van der Waals surface area contributed by atoms with Crippen molar-refractivity contribution >= 4 is 15.9 Å². The van der Waals surface area contributed by atoms with Crippen molar-refractivity contribution in [3.05, 3.63) is 11.1 Å². The lowest BCUT2D eigenvalue weighted by molar-refractivity contribution is 0.620. The molecule has 0 atom stereocenters.